The summed E-state index contributed by atoms with van der Waals surface area (Å²) in [6.07, 6.45) is 1.35. The Morgan fingerprint density at radius 1 is 1.27 bits per heavy atom. The Labute approximate surface area is 89.4 Å². The van der Waals surface area contributed by atoms with Crippen LogP contribution in [0.4, 0.5) is 0 Å². The summed E-state index contributed by atoms with van der Waals surface area (Å²) in [6, 6.07) is 6.25. The smallest absolute Gasteiger partial charge is 0.259 e. The highest BCUT2D eigenvalue weighted by molar-refractivity contribution is 7.93. The van der Waals surface area contributed by atoms with Gasteiger partial charge < -0.3 is 5.11 Å². The summed E-state index contributed by atoms with van der Waals surface area (Å²) < 4.78 is 12.9. The van der Waals surface area contributed by atoms with E-state index < -0.39 is 11.0 Å². The Bertz CT molecular complexity index is 464. The normalized spacial score (nSPS) is 20.6. The molecule has 15 heavy (non-hydrogen) atoms. The molecule has 0 aliphatic carbocycles. The Morgan fingerprint density at radius 3 is 2.33 bits per heavy atom. The summed E-state index contributed by atoms with van der Waals surface area (Å²) in [7, 11) is 0.0587. The first-order chi connectivity index (χ1) is 7.09. The van der Waals surface area contributed by atoms with Crippen molar-refractivity contribution in [2.75, 3.05) is 7.05 Å². The van der Waals surface area contributed by atoms with Crippen LogP contribution in [0.3, 0.4) is 0 Å². The molecule has 1 heterocycles. The Hall–Kier alpha value is -1.62. The molecule has 0 bridgehead atoms. The first kappa shape index (κ1) is 9.92. The highest BCUT2D eigenvalue weighted by Gasteiger charge is 2.26. The zero-order valence-corrected chi connectivity index (χ0v) is 8.82. The number of aromatic hydroxyl groups is 1. The lowest BCUT2D eigenvalue weighted by Gasteiger charge is -2.07. The van der Waals surface area contributed by atoms with Gasteiger partial charge in [-0.05, 0) is 17.7 Å². The second kappa shape index (κ2) is 3.51. The van der Waals surface area contributed by atoms with E-state index in [1.165, 1.54) is 29.6 Å². The van der Waals surface area contributed by atoms with Crippen LogP contribution in [-0.4, -0.2) is 26.6 Å². The highest BCUT2D eigenvalue weighted by Crippen LogP contribution is 2.26. The number of phenols is 1. The lowest BCUT2D eigenvalue weighted by molar-refractivity contribution is -0.120. The molecule has 0 saturated carbocycles. The van der Waals surface area contributed by atoms with Crippen LogP contribution in [0.5, 0.6) is 5.75 Å². The van der Waals surface area contributed by atoms with Gasteiger partial charge in [0, 0.05) is 13.1 Å². The van der Waals surface area contributed by atoms with Crippen molar-refractivity contribution in [3.05, 3.63) is 35.9 Å². The molecule has 0 radical (unpaired) electrons. The maximum absolute atomic E-state index is 11.7. The van der Waals surface area contributed by atoms with Gasteiger partial charge in [0.05, 0.1) is 4.91 Å². The Kier molecular flexibility index (Phi) is 2.32. The average molecular weight is 223 g/mol. The standard InChI is InChI=1S/C10H9NO3S/c1-11-10(13)6-9(15(11)14)7-2-4-8(12)5-3-7/h2-6,12H,1H3. The Morgan fingerprint density at radius 2 is 1.87 bits per heavy atom. The molecule has 4 nitrogen and oxygen atoms in total. The summed E-state index contributed by atoms with van der Waals surface area (Å²) >= 11 is 0. The molecule has 1 aromatic rings. The van der Waals surface area contributed by atoms with Crippen LogP contribution in [0.15, 0.2) is 30.3 Å². The third-order valence-electron chi connectivity index (χ3n) is 2.15. The average Bonchev–Trinajstić information content (AvgIpc) is 2.47. The zero-order chi connectivity index (χ0) is 11.0. The SMILES string of the molecule is CN1C(=O)C=C(c2ccc(O)cc2)S1=O. The lowest BCUT2D eigenvalue weighted by atomic mass is 10.2. The molecule has 0 aromatic heterocycles. The molecule has 1 aliphatic heterocycles. The molecule has 0 saturated heterocycles. The van der Waals surface area contributed by atoms with Crippen LogP contribution in [0.25, 0.3) is 4.91 Å². The molecular formula is C10H9NO3S. The molecule has 0 spiro atoms. The van der Waals surface area contributed by atoms with Gasteiger partial charge in [-0.15, -0.1) is 0 Å². The van der Waals surface area contributed by atoms with Crippen LogP contribution in [-0.2, 0) is 15.8 Å². The van der Waals surface area contributed by atoms with Crippen molar-refractivity contribution < 1.29 is 14.1 Å². The van der Waals surface area contributed by atoms with Crippen molar-refractivity contribution >= 4 is 21.8 Å². The fraction of sp³-hybridized carbons (Fsp3) is 0.100. The molecule has 78 valence electrons. The minimum Gasteiger partial charge on any atom is -0.508 e. The number of hydrogen-bond acceptors (Lipinski definition) is 3. The number of benzene rings is 1. The lowest BCUT2D eigenvalue weighted by Crippen LogP contribution is -2.20. The minimum atomic E-state index is -1.43. The first-order valence-electron chi connectivity index (χ1n) is 4.30. The summed E-state index contributed by atoms with van der Waals surface area (Å²) in [5.74, 6) is -0.126. The zero-order valence-electron chi connectivity index (χ0n) is 8.01. The molecule has 5 heteroatoms. The predicted octanol–water partition coefficient (Wildman–Crippen LogP) is 0.869. The van der Waals surface area contributed by atoms with Crippen LogP contribution < -0.4 is 0 Å². The summed E-state index contributed by atoms with van der Waals surface area (Å²) in [5, 5.41) is 9.10. The van der Waals surface area contributed by atoms with Crippen LogP contribution in [0, 0.1) is 0 Å². The van der Waals surface area contributed by atoms with Crippen LogP contribution >= 0.6 is 0 Å². The number of likely N-dealkylation sites (N-methyl/N-ethyl adjacent to an activating group) is 1. The molecule has 1 unspecified atom stereocenters. The van der Waals surface area contributed by atoms with E-state index in [0.717, 1.165) is 0 Å². The topological polar surface area (TPSA) is 57.6 Å². The third-order valence-corrected chi connectivity index (χ3v) is 3.56. The summed E-state index contributed by atoms with van der Waals surface area (Å²) in [6.45, 7) is 0. The molecule has 0 fully saturated rings. The van der Waals surface area contributed by atoms with Crippen molar-refractivity contribution in [3.8, 4) is 5.75 Å². The van der Waals surface area contributed by atoms with E-state index in [0.29, 0.717) is 10.5 Å². The van der Waals surface area contributed by atoms with Gasteiger partial charge in [-0.2, -0.15) is 0 Å². The van der Waals surface area contributed by atoms with E-state index in [1.54, 1.807) is 12.1 Å². The highest BCUT2D eigenvalue weighted by atomic mass is 32.2. The van der Waals surface area contributed by atoms with Gasteiger partial charge >= 0.3 is 0 Å². The van der Waals surface area contributed by atoms with Crippen molar-refractivity contribution in [2.45, 2.75) is 0 Å². The molecule has 1 N–H and O–H groups in total. The van der Waals surface area contributed by atoms with Crippen LogP contribution in [0.2, 0.25) is 0 Å². The van der Waals surface area contributed by atoms with Gasteiger partial charge in [0.15, 0.2) is 11.0 Å². The van der Waals surface area contributed by atoms with Gasteiger partial charge in [0.1, 0.15) is 5.75 Å². The van der Waals surface area contributed by atoms with Gasteiger partial charge in [0.25, 0.3) is 5.91 Å². The molecule has 1 amide bonds. The predicted molar refractivity (Wildman–Crippen MR) is 57.0 cm³/mol. The van der Waals surface area contributed by atoms with Crippen molar-refractivity contribution in [2.24, 2.45) is 0 Å². The van der Waals surface area contributed by atoms with E-state index in [9.17, 15) is 9.00 Å². The van der Waals surface area contributed by atoms with Crippen molar-refractivity contribution in [1.29, 1.82) is 0 Å². The van der Waals surface area contributed by atoms with Gasteiger partial charge in [-0.1, -0.05) is 12.1 Å². The number of amides is 1. The van der Waals surface area contributed by atoms with E-state index in [4.69, 9.17) is 5.11 Å². The number of hydrogen-bond donors (Lipinski definition) is 1. The van der Waals surface area contributed by atoms with Crippen molar-refractivity contribution in [3.63, 3.8) is 0 Å². The minimum absolute atomic E-state index is 0.141. The number of carbonyl (C=O) groups is 1. The quantitative estimate of drug-likeness (QED) is 0.768. The van der Waals surface area contributed by atoms with E-state index in [2.05, 4.69) is 0 Å². The maximum atomic E-state index is 11.7. The summed E-state index contributed by atoms with van der Waals surface area (Å²) in [4.78, 5) is 11.7. The number of rotatable bonds is 1. The molecular weight excluding hydrogens is 214 g/mol. The maximum Gasteiger partial charge on any atom is 0.259 e. The Balaban J connectivity index is 2.41. The number of phenolic OH excluding ortho intramolecular Hbond substituents is 1. The fourth-order valence-electron chi connectivity index (χ4n) is 1.29. The van der Waals surface area contributed by atoms with Crippen LogP contribution in [0.1, 0.15) is 5.56 Å². The number of carbonyl (C=O) groups excluding carboxylic acids is 1. The molecule has 1 atom stereocenters. The molecule has 1 aromatic carbocycles. The van der Waals surface area contributed by atoms with Gasteiger partial charge in [0.2, 0.25) is 0 Å². The van der Waals surface area contributed by atoms with E-state index >= 15 is 0 Å². The monoisotopic (exact) mass is 223 g/mol. The van der Waals surface area contributed by atoms with Gasteiger partial charge in [-0.3, -0.25) is 9.10 Å². The second-order valence-electron chi connectivity index (χ2n) is 3.14. The molecule has 2 rings (SSSR count). The van der Waals surface area contributed by atoms with Crippen molar-refractivity contribution in [1.82, 2.24) is 4.31 Å². The third kappa shape index (κ3) is 1.66. The second-order valence-corrected chi connectivity index (χ2v) is 4.63. The largest absolute Gasteiger partial charge is 0.508 e. The fourth-order valence-corrected chi connectivity index (χ4v) is 2.34. The van der Waals surface area contributed by atoms with E-state index in [1.807, 2.05) is 0 Å². The van der Waals surface area contributed by atoms with E-state index in [-0.39, 0.29) is 11.7 Å². The van der Waals surface area contributed by atoms with Gasteiger partial charge in [-0.25, -0.2) is 4.21 Å². The number of nitrogens with zero attached hydrogens (tertiary/aromatic N) is 1. The first-order valence-corrected chi connectivity index (χ1v) is 5.41. The molecule has 1 aliphatic rings. The summed E-state index contributed by atoms with van der Waals surface area (Å²) in [5.41, 5.74) is 0.684.